The Labute approximate surface area is 149 Å². The van der Waals surface area contributed by atoms with Gasteiger partial charge in [0.1, 0.15) is 5.82 Å². The van der Waals surface area contributed by atoms with E-state index in [4.69, 9.17) is 21.1 Å². The molecule has 2 amide bonds. The highest BCUT2D eigenvalue weighted by Crippen LogP contribution is 2.24. The molecule has 0 aromatic heterocycles. The van der Waals surface area contributed by atoms with Gasteiger partial charge in [-0.15, -0.1) is 0 Å². The van der Waals surface area contributed by atoms with E-state index in [1.165, 1.54) is 17.0 Å². The number of aliphatic hydroxyl groups is 1. The molecular formula is C16H20ClFN2O5. The van der Waals surface area contributed by atoms with Crippen molar-refractivity contribution in [1.82, 2.24) is 10.2 Å². The van der Waals surface area contributed by atoms with E-state index in [9.17, 15) is 19.1 Å². The summed E-state index contributed by atoms with van der Waals surface area (Å²) in [4.78, 5) is 25.4. The highest BCUT2D eigenvalue weighted by Gasteiger charge is 2.48. The minimum atomic E-state index is -2.18. The molecule has 7 nitrogen and oxygen atoms in total. The smallest absolute Gasteiger partial charge is 0.407 e. The average molecular weight is 375 g/mol. The van der Waals surface area contributed by atoms with Gasteiger partial charge in [-0.05, 0) is 30.2 Å². The van der Waals surface area contributed by atoms with Gasteiger partial charge in [-0.3, -0.25) is 4.79 Å². The van der Waals surface area contributed by atoms with Crippen LogP contribution in [0.4, 0.5) is 9.18 Å². The van der Waals surface area contributed by atoms with Crippen LogP contribution in [0.3, 0.4) is 0 Å². The maximum Gasteiger partial charge on any atom is 0.410 e. The first-order valence-corrected chi connectivity index (χ1v) is 8.14. The predicted molar refractivity (Wildman–Crippen MR) is 87.4 cm³/mol. The van der Waals surface area contributed by atoms with Crippen LogP contribution in [-0.2, 0) is 20.8 Å². The Bertz CT molecular complexity index is 625. The Morgan fingerprint density at radius 1 is 1.48 bits per heavy atom. The van der Waals surface area contributed by atoms with E-state index in [1.807, 2.05) is 0 Å². The Hall–Kier alpha value is -1.90. The Morgan fingerprint density at radius 3 is 2.92 bits per heavy atom. The minimum absolute atomic E-state index is 0.0158. The lowest BCUT2D eigenvalue weighted by Gasteiger charge is -2.22. The van der Waals surface area contributed by atoms with Gasteiger partial charge in [0.05, 0.1) is 0 Å². The zero-order valence-corrected chi connectivity index (χ0v) is 14.5. The molecule has 1 aliphatic rings. The molecule has 0 aliphatic carbocycles. The third-order valence-corrected chi connectivity index (χ3v) is 3.96. The summed E-state index contributed by atoms with van der Waals surface area (Å²) in [5, 5.41) is 12.8. The normalized spacial score (nSPS) is 20.0. The second kappa shape index (κ2) is 8.46. The van der Waals surface area contributed by atoms with Crippen molar-refractivity contribution in [2.24, 2.45) is 0 Å². The van der Waals surface area contributed by atoms with Gasteiger partial charge in [0.15, 0.2) is 0 Å². The summed E-state index contributed by atoms with van der Waals surface area (Å²) in [6.07, 6.45) is -0.377. The van der Waals surface area contributed by atoms with Crippen molar-refractivity contribution >= 4 is 23.6 Å². The van der Waals surface area contributed by atoms with Gasteiger partial charge in [-0.2, -0.15) is 0 Å². The second-order valence-electron chi connectivity index (χ2n) is 5.69. The summed E-state index contributed by atoms with van der Waals surface area (Å²) in [6, 6.07) is 3.83. The highest BCUT2D eigenvalue weighted by atomic mass is 35.5. The SMILES string of the molecule is COCCCN1CC[C@](O)(OC(=O)NCc2cc(F)cc(Cl)c2)C1=O. The van der Waals surface area contributed by atoms with Gasteiger partial charge in [-0.1, -0.05) is 11.6 Å². The molecular weight excluding hydrogens is 355 g/mol. The standard InChI is InChI=1S/C16H20ClFN2O5/c1-24-6-2-4-20-5-3-16(23,14(20)21)25-15(22)19-10-11-7-12(17)9-13(18)8-11/h7-9,23H,2-6,10H2,1H3,(H,19,22)/t16-/m0/s1. The van der Waals surface area contributed by atoms with E-state index >= 15 is 0 Å². The minimum Gasteiger partial charge on any atom is -0.407 e. The van der Waals surface area contributed by atoms with Crippen LogP contribution in [0.5, 0.6) is 0 Å². The summed E-state index contributed by atoms with van der Waals surface area (Å²) in [6.45, 7) is 1.12. The number of alkyl carbamates (subject to hydrolysis) is 1. The number of likely N-dealkylation sites (tertiary alicyclic amines) is 1. The third kappa shape index (κ3) is 5.29. The molecule has 1 heterocycles. The molecule has 1 aromatic carbocycles. The van der Waals surface area contributed by atoms with Gasteiger partial charge < -0.3 is 24.8 Å². The molecule has 1 atom stereocenters. The maximum atomic E-state index is 13.2. The Morgan fingerprint density at radius 2 is 2.24 bits per heavy atom. The van der Waals surface area contributed by atoms with Gasteiger partial charge in [0.2, 0.25) is 0 Å². The largest absolute Gasteiger partial charge is 0.410 e. The lowest BCUT2D eigenvalue weighted by atomic mass is 10.2. The fourth-order valence-corrected chi connectivity index (χ4v) is 2.77. The van der Waals surface area contributed by atoms with Crippen LogP contribution < -0.4 is 5.32 Å². The van der Waals surface area contributed by atoms with Crippen LogP contribution in [0.2, 0.25) is 5.02 Å². The number of methoxy groups -OCH3 is 1. The lowest BCUT2D eigenvalue weighted by molar-refractivity contribution is -0.182. The molecule has 0 radical (unpaired) electrons. The molecule has 0 unspecified atom stereocenters. The van der Waals surface area contributed by atoms with Crippen LogP contribution >= 0.6 is 11.6 Å². The van der Waals surface area contributed by atoms with E-state index in [0.717, 1.165) is 6.07 Å². The molecule has 0 saturated carbocycles. The first-order valence-electron chi connectivity index (χ1n) is 7.76. The first kappa shape index (κ1) is 19.4. The monoisotopic (exact) mass is 374 g/mol. The quantitative estimate of drug-likeness (QED) is 0.560. The van der Waals surface area contributed by atoms with Crippen molar-refractivity contribution < 1.29 is 28.6 Å². The molecule has 25 heavy (non-hydrogen) atoms. The number of nitrogens with one attached hydrogen (secondary N) is 1. The van der Waals surface area contributed by atoms with E-state index in [1.54, 1.807) is 7.11 Å². The Kier molecular flexibility index (Phi) is 6.57. The van der Waals surface area contributed by atoms with Crippen LogP contribution in [0.1, 0.15) is 18.4 Å². The van der Waals surface area contributed by atoms with Gasteiger partial charge >= 0.3 is 6.09 Å². The Balaban J connectivity index is 1.86. The second-order valence-corrected chi connectivity index (χ2v) is 6.13. The number of amides is 2. The zero-order chi connectivity index (χ0) is 18.4. The van der Waals surface area contributed by atoms with Crippen LogP contribution in [0.15, 0.2) is 18.2 Å². The van der Waals surface area contributed by atoms with E-state index in [2.05, 4.69) is 5.32 Å². The van der Waals surface area contributed by atoms with Crippen molar-refractivity contribution in [3.63, 3.8) is 0 Å². The molecule has 2 rings (SSSR count). The number of rotatable bonds is 7. The predicted octanol–water partition coefficient (Wildman–Crippen LogP) is 1.66. The number of carbonyl (C=O) groups is 2. The molecule has 1 aliphatic heterocycles. The molecule has 9 heteroatoms. The van der Waals surface area contributed by atoms with Crippen molar-refractivity contribution in [3.05, 3.63) is 34.6 Å². The summed E-state index contributed by atoms with van der Waals surface area (Å²) >= 11 is 5.73. The maximum absolute atomic E-state index is 13.2. The van der Waals surface area contributed by atoms with E-state index < -0.39 is 23.6 Å². The fraction of sp³-hybridized carbons (Fsp3) is 0.500. The highest BCUT2D eigenvalue weighted by molar-refractivity contribution is 6.30. The molecule has 1 fully saturated rings. The number of ether oxygens (including phenoxy) is 2. The summed E-state index contributed by atoms with van der Waals surface area (Å²) in [7, 11) is 1.56. The molecule has 0 bridgehead atoms. The number of carbonyl (C=O) groups excluding carboxylic acids is 2. The van der Waals surface area contributed by atoms with Crippen molar-refractivity contribution in [1.29, 1.82) is 0 Å². The summed E-state index contributed by atoms with van der Waals surface area (Å²) in [5.74, 6) is -3.38. The van der Waals surface area contributed by atoms with Crippen LogP contribution in [-0.4, -0.2) is 54.6 Å². The number of hydrogen-bond acceptors (Lipinski definition) is 5. The van der Waals surface area contributed by atoms with Crippen LogP contribution in [0.25, 0.3) is 0 Å². The summed E-state index contributed by atoms with van der Waals surface area (Å²) < 4.78 is 23.0. The number of hydrogen-bond donors (Lipinski definition) is 2. The molecule has 138 valence electrons. The van der Waals surface area contributed by atoms with Crippen molar-refractivity contribution in [2.45, 2.75) is 25.2 Å². The summed E-state index contributed by atoms with van der Waals surface area (Å²) in [5.41, 5.74) is 0.424. The third-order valence-electron chi connectivity index (χ3n) is 3.74. The van der Waals surface area contributed by atoms with E-state index in [-0.39, 0.29) is 24.5 Å². The van der Waals surface area contributed by atoms with Crippen LogP contribution in [0, 0.1) is 5.82 Å². The zero-order valence-electron chi connectivity index (χ0n) is 13.8. The molecule has 1 saturated heterocycles. The average Bonchev–Trinajstić information content (AvgIpc) is 2.81. The fourth-order valence-electron chi connectivity index (χ4n) is 2.53. The van der Waals surface area contributed by atoms with Gasteiger partial charge in [0.25, 0.3) is 11.7 Å². The van der Waals surface area contributed by atoms with Gasteiger partial charge in [0, 0.05) is 44.8 Å². The molecule has 0 spiro atoms. The number of halogens is 2. The first-order chi connectivity index (χ1) is 11.8. The molecule has 2 N–H and O–H groups in total. The van der Waals surface area contributed by atoms with E-state index in [0.29, 0.717) is 25.1 Å². The van der Waals surface area contributed by atoms with Crippen molar-refractivity contribution in [3.8, 4) is 0 Å². The molecule has 1 aromatic rings. The topological polar surface area (TPSA) is 88.1 Å². The number of benzene rings is 1. The number of nitrogens with zero attached hydrogens (tertiary/aromatic N) is 1. The van der Waals surface area contributed by atoms with Gasteiger partial charge in [-0.25, -0.2) is 9.18 Å². The lowest BCUT2D eigenvalue weighted by Crippen LogP contribution is -2.46. The van der Waals surface area contributed by atoms with Crippen molar-refractivity contribution in [2.75, 3.05) is 26.8 Å².